The van der Waals surface area contributed by atoms with Crippen molar-refractivity contribution in [2.45, 2.75) is 12.5 Å². The molecule has 0 aromatic heterocycles. The van der Waals surface area contributed by atoms with E-state index < -0.39 is 25.9 Å². The van der Waals surface area contributed by atoms with Gasteiger partial charge in [0.1, 0.15) is 6.04 Å². The van der Waals surface area contributed by atoms with E-state index in [1.54, 1.807) is 0 Å². The number of carbonyl (C=O) groups is 1. The van der Waals surface area contributed by atoms with Crippen molar-refractivity contribution in [1.82, 2.24) is 5.32 Å². The Morgan fingerprint density at radius 3 is 2.50 bits per heavy atom. The SMILES string of the molecule is COCC[C@H](NCP(=O)(O)O)C(=O)O. The van der Waals surface area contributed by atoms with Gasteiger partial charge >= 0.3 is 13.6 Å². The zero-order chi connectivity index (χ0) is 11.2. The first-order chi connectivity index (χ1) is 6.37. The lowest BCUT2D eigenvalue weighted by Crippen LogP contribution is -2.38. The molecule has 14 heavy (non-hydrogen) atoms. The van der Waals surface area contributed by atoms with Gasteiger partial charge in [-0.2, -0.15) is 0 Å². The summed E-state index contributed by atoms with van der Waals surface area (Å²) in [6.07, 6.45) is -0.487. The summed E-state index contributed by atoms with van der Waals surface area (Å²) < 4.78 is 15.1. The Labute approximate surface area is 81.2 Å². The fourth-order valence-electron chi connectivity index (χ4n) is 0.778. The summed E-state index contributed by atoms with van der Waals surface area (Å²) in [6, 6.07) is -0.998. The number of hydrogen-bond acceptors (Lipinski definition) is 4. The van der Waals surface area contributed by atoms with Gasteiger partial charge in [-0.05, 0) is 6.42 Å². The van der Waals surface area contributed by atoms with Crippen LogP contribution in [0.5, 0.6) is 0 Å². The van der Waals surface area contributed by atoms with E-state index >= 15 is 0 Å². The molecule has 0 unspecified atom stereocenters. The van der Waals surface area contributed by atoms with Crippen molar-refractivity contribution in [2.24, 2.45) is 0 Å². The van der Waals surface area contributed by atoms with Crippen molar-refractivity contribution < 1.29 is 29.0 Å². The number of ether oxygens (including phenoxy) is 1. The van der Waals surface area contributed by atoms with Crippen LogP contribution in [0.2, 0.25) is 0 Å². The summed E-state index contributed by atoms with van der Waals surface area (Å²) >= 11 is 0. The maximum Gasteiger partial charge on any atom is 0.339 e. The highest BCUT2D eigenvalue weighted by molar-refractivity contribution is 7.51. The van der Waals surface area contributed by atoms with Gasteiger partial charge in [0.25, 0.3) is 0 Å². The van der Waals surface area contributed by atoms with Gasteiger partial charge in [-0.25, -0.2) is 0 Å². The highest BCUT2D eigenvalue weighted by Crippen LogP contribution is 2.32. The van der Waals surface area contributed by atoms with Crippen LogP contribution < -0.4 is 5.32 Å². The van der Waals surface area contributed by atoms with E-state index in [1.165, 1.54) is 7.11 Å². The second kappa shape index (κ2) is 6.10. The molecule has 0 aliphatic rings. The first kappa shape index (κ1) is 13.5. The molecule has 84 valence electrons. The molecule has 0 saturated heterocycles. The number of rotatable bonds is 7. The van der Waals surface area contributed by atoms with Gasteiger partial charge in [0.15, 0.2) is 0 Å². The average Bonchev–Trinajstić information content (AvgIpc) is 2.01. The predicted molar refractivity (Wildman–Crippen MR) is 48.0 cm³/mol. The summed E-state index contributed by atoms with van der Waals surface area (Å²) in [5.41, 5.74) is 0. The van der Waals surface area contributed by atoms with Crippen LogP contribution >= 0.6 is 7.60 Å². The lowest BCUT2D eigenvalue weighted by atomic mass is 10.2. The molecule has 0 bridgehead atoms. The van der Waals surface area contributed by atoms with E-state index in [1.807, 2.05) is 0 Å². The van der Waals surface area contributed by atoms with Crippen molar-refractivity contribution in [2.75, 3.05) is 20.0 Å². The molecular formula is C6H14NO6P. The molecule has 0 fully saturated rings. The van der Waals surface area contributed by atoms with E-state index in [2.05, 4.69) is 10.1 Å². The first-order valence-electron chi connectivity index (χ1n) is 3.86. The van der Waals surface area contributed by atoms with Crippen molar-refractivity contribution in [3.63, 3.8) is 0 Å². The van der Waals surface area contributed by atoms with Gasteiger partial charge < -0.3 is 19.6 Å². The van der Waals surface area contributed by atoms with Crippen LogP contribution in [0.25, 0.3) is 0 Å². The van der Waals surface area contributed by atoms with E-state index in [-0.39, 0.29) is 13.0 Å². The quantitative estimate of drug-likeness (QED) is 0.421. The van der Waals surface area contributed by atoms with E-state index in [0.29, 0.717) is 0 Å². The largest absolute Gasteiger partial charge is 0.480 e. The van der Waals surface area contributed by atoms with Gasteiger partial charge in [0, 0.05) is 13.7 Å². The molecule has 0 heterocycles. The minimum Gasteiger partial charge on any atom is -0.480 e. The molecular weight excluding hydrogens is 213 g/mol. The molecule has 0 radical (unpaired) electrons. The lowest BCUT2D eigenvalue weighted by molar-refractivity contribution is -0.139. The number of nitrogens with one attached hydrogen (secondary N) is 1. The van der Waals surface area contributed by atoms with Gasteiger partial charge in [-0.1, -0.05) is 0 Å². The van der Waals surface area contributed by atoms with Crippen LogP contribution in [-0.4, -0.2) is 46.9 Å². The highest BCUT2D eigenvalue weighted by Gasteiger charge is 2.21. The van der Waals surface area contributed by atoms with Gasteiger partial charge in [-0.15, -0.1) is 0 Å². The Morgan fingerprint density at radius 1 is 1.57 bits per heavy atom. The molecule has 0 aliphatic carbocycles. The van der Waals surface area contributed by atoms with Crippen LogP contribution in [-0.2, 0) is 14.1 Å². The minimum atomic E-state index is -4.21. The summed E-state index contributed by atoms with van der Waals surface area (Å²) in [5.74, 6) is -1.16. The lowest BCUT2D eigenvalue weighted by Gasteiger charge is -2.14. The smallest absolute Gasteiger partial charge is 0.339 e. The standard InChI is InChI=1S/C6H14NO6P/c1-13-3-2-5(6(8)9)7-4-14(10,11)12/h5,7H,2-4H2,1H3,(H,8,9)(H2,10,11,12)/t5-/m0/s1. The molecule has 0 rings (SSSR count). The third kappa shape index (κ3) is 6.99. The number of carboxylic acid groups (broad SMARTS) is 1. The molecule has 8 heteroatoms. The molecule has 7 nitrogen and oxygen atoms in total. The Hall–Kier alpha value is -0.460. The van der Waals surface area contributed by atoms with Crippen LogP contribution in [0.3, 0.4) is 0 Å². The number of carboxylic acids is 1. The molecule has 0 aromatic rings. The summed E-state index contributed by atoms with van der Waals surface area (Å²) in [6.45, 7) is 0.213. The second-order valence-electron chi connectivity index (χ2n) is 2.70. The number of hydrogen-bond donors (Lipinski definition) is 4. The molecule has 0 amide bonds. The maximum absolute atomic E-state index is 10.6. The molecule has 1 atom stereocenters. The van der Waals surface area contributed by atoms with Crippen LogP contribution in [0.4, 0.5) is 0 Å². The van der Waals surface area contributed by atoms with Crippen LogP contribution in [0, 0.1) is 0 Å². The molecule has 0 aliphatic heterocycles. The third-order valence-electron chi connectivity index (χ3n) is 1.45. The van der Waals surface area contributed by atoms with Crippen molar-refractivity contribution in [1.29, 1.82) is 0 Å². The minimum absolute atomic E-state index is 0.159. The van der Waals surface area contributed by atoms with Gasteiger partial charge in [0.2, 0.25) is 0 Å². The van der Waals surface area contributed by atoms with E-state index in [9.17, 15) is 9.36 Å². The number of aliphatic carboxylic acids is 1. The average molecular weight is 227 g/mol. The molecule has 0 spiro atoms. The second-order valence-corrected chi connectivity index (χ2v) is 4.34. The topological polar surface area (TPSA) is 116 Å². The molecule has 0 aromatic carbocycles. The third-order valence-corrected chi connectivity index (χ3v) is 2.05. The maximum atomic E-state index is 10.6. The Bertz CT molecular complexity index is 226. The Balaban J connectivity index is 3.98. The zero-order valence-electron chi connectivity index (χ0n) is 7.71. The summed E-state index contributed by atoms with van der Waals surface area (Å²) in [4.78, 5) is 27.5. The zero-order valence-corrected chi connectivity index (χ0v) is 8.61. The number of methoxy groups -OCH3 is 1. The van der Waals surface area contributed by atoms with E-state index in [0.717, 1.165) is 0 Å². The Morgan fingerprint density at radius 2 is 2.14 bits per heavy atom. The van der Waals surface area contributed by atoms with Gasteiger partial charge in [0.05, 0.1) is 6.29 Å². The van der Waals surface area contributed by atoms with E-state index in [4.69, 9.17) is 14.9 Å². The molecule has 0 saturated carbocycles. The van der Waals surface area contributed by atoms with Crippen molar-refractivity contribution >= 4 is 13.6 Å². The highest BCUT2D eigenvalue weighted by atomic mass is 31.2. The Kier molecular flexibility index (Phi) is 5.90. The van der Waals surface area contributed by atoms with Gasteiger partial charge in [-0.3, -0.25) is 14.7 Å². The van der Waals surface area contributed by atoms with Crippen molar-refractivity contribution in [3.05, 3.63) is 0 Å². The van der Waals surface area contributed by atoms with Crippen LogP contribution in [0.1, 0.15) is 6.42 Å². The summed E-state index contributed by atoms with van der Waals surface area (Å²) in [7, 11) is -2.79. The summed E-state index contributed by atoms with van der Waals surface area (Å²) in [5, 5.41) is 10.9. The normalized spacial score (nSPS) is 13.9. The fourth-order valence-corrected chi connectivity index (χ4v) is 1.24. The fraction of sp³-hybridized carbons (Fsp3) is 0.833. The monoisotopic (exact) mass is 227 g/mol. The van der Waals surface area contributed by atoms with Crippen LogP contribution in [0.15, 0.2) is 0 Å². The first-order valence-corrected chi connectivity index (χ1v) is 5.66. The predicted octanol–water partition coefficient (Wildman–Crippen LogP) is -0.799. The molecule has 4 N–H and O–H groups in total. The van der Waals surface area contributed by atoms with Crippen molar-refractivity contribution in [3.8, 4) is 0 Å².